The van der Waals surface area contributed by atoms with E-state index >= 15 is 0 Å². The van der Waals surface area contributed by atoms with Gasteiger partial charge in [-0.2, -0.15) is 0 Å². The van der Waals surface area contributed by atoms with E-state index in [1.165, 1.54) is 24.6 Å². The molecule has 2 aliphatic rings. The Morgan fingerprint density at radius 3 is 2.77 bits per heavy atom. The van der Waals surface area contributed by atoms with E-state index in [1.54, 1.807) is 4.90 Å². The Kier molecular flexibility index (Phi) is 8.69. The first kappa shape index (κ1) is 23.5. The Morgan fingerprint density at radius 1 is 1.29 bits per heavy atom. The highest BCUT2D eigenvalue weighted by Gasteiger charge is 2.30. The molecule has 0 saturated heterocycles. The minimum atomic E-state index is -0.479. The molecule has 1 fully saturated rings. The fraction of sp³-hybridized carbons (Fsp3) is 0.708. The Bertz CT molecular complexity index is 744. The summed E-state index contributed by atoms with van der Waals surface area (Å²) in [6, 6.07) is 3.74. The van der Waals surface area contributed by atoms with Crippen LogP contribution in [0.5, 0.6) is 0 Å². The summed E-state index contributed by atoms with van der Waals surface area (Å²) in [6.45, 7) is 8.17. The van der Waals surface area contributed by atoms with Gasteiger partial charge in [-0.05, 0) is 83.3 Å². The molecule has 31 heavy (non-hydrogen) atoms. The van der Waals surface area contributed by atoms with Gasteiger partial charge >= 0.3 is 6.03 Å². The van der Waals surface area contributed by atoms with E-state index in [9.17, 15) is 9.59 Å². The van der Waals surface area contributed by atoms with Crippen LogP contribution in [0.1, 0.15) is 64.1 Å². The predicted octanol–water partition coefficient (Wildman–Crippen LogP) is 3.57. The van der Waals surface area contributed by atoms with Gasteiger partial charge in [0, 0.05) is 31.9 Å². The minimum absolute atomic E-state index is 0.0253. The molecular weight excluding hydrogens is 392 g/mol. The number of aryl methyl sites for hydroxylation is 2. The van der Waals surface area contributed by atoms with E-state index in [0.29, 0.717) is 32.0 Å². The summed E-state index contributed by atoms with van der Waals surface area (Å²) in [6.07, 6.45) is 7.40. The number of anilines is 1. The van der Waals surface area contributed by atoms with E-state index in [-0.39, 0.29) is 17.9 Å². The van der Waals surface area contributed by atoms with E-state index in [0.717, 1.165) is 44.5 Å². The van der Waals surface area contributed by atoms with Crippen molar-refractivity contribution in [3.8, 4) is 0 Å². The molecule has 1 saturated carbocycles. The standard InChI is InChI=1S/C24H38N4O3/c1-4-28(5-2)24(30)27-22(17(3)29)12-14-31-21-15-18(16-21)8-10-20-11-9-19-7-6-13-25-23(19)26-20/h9,11,18,21-22H,4-8,10,12-16H2,1-3H3,(H,25,26)(H,27,30)/t18?,21?,22-/m0/s1. The molecule has 2 N–H and O–H groups in total. The fourth-order valence-corrected chi connectivity index (χ4v) is 4.39. The zero-order chi connectivity index (χ0) is 22.2. The predicted molar refractivity (Wildman–Crippen MR) is 122 cm³/mol. The Morgan fingerprint density at radius 2 is 2.06 bits per heavy atom. The molecule has 1 aliphatic carbocycles. The van der Waals surface area contributed by atoms with Crippen molar-refractivity contribution in [3.05, 3.63) is 23.4 Å². The van der Waals surface area contributed by atoms with E-state index in [2.05, 4.69) is 22.8 Å². The van der Waals surface area contributed by atoms with E-state index < -0.39 is 6.04 Å². The number of Topliss-reactive ketones (excluding diaryl/α,β-unsaturated/α-hetero) is 1. The van der Waals surface area contributed by atoms with E-state index in [1.807, 2.05) is 13.8 Å². The van der Waals surface area contributed by atoms with Gasteiger partial charge in [-0.1, -0.05) is 6.07 Å². The Balaban J connectivity index is 1.32. The topological polar surface area (TPSA) is 83.6 Å². The first-order valence-corrected chi connectivity index (χ1v) is 11.9. The van der Waals surface area contributed by atoms with Gasteiger partial charge in [0.25, 0.3) is 0 Å². The summed E-state index contributed by atoms with van der Waals surface area (Å²) < 4.78 is 5.97. The third-order valence-corrected chi connectivity index (χ3v) is 6.55. The first-order chi connectivity index (χ1) is 15.0. The highest BCUT2D eigenvalue weighted by atomic mass is 16.5. The number of amides is 2. The Hall–Kier alpha value is -2.15. The highest BCUT2D eigenvalue weighted by molar-refractivity contribution is 5.86. The second-order valence-electron chi connectivity index (χ2n) is 8.78. The van der Waals surface area contributed by atoms with Crippen LogP contribution in [0.15, 0.2) is 12.1 Å². The third kappa shape index (κ3) is 6.66. The SMILES string of the molecule is CCN(CC)C(=O)N[C@@H](CCOC1CC(CCc2ccc3c(n2)NCCC3)C1)C(C)=O. The molecule has 1 aliphatic heterocycles. The maximum Gasteiger partial charge on any atom is 0.317 e. The van der Waals surface area contributed by atoms with Crippen molar-refractivity contribution < 1.29 is 14.3 Å². The summed E-state index contributed by atoms with van der Waals surface area (Å²) in [5.41, 5.74) is 2.51. The van der Waals surface area contributed by atoms with Crippen molar-refractivity contribution in [2.45, 2.75) is 77.9 Å². The number of nitrogens with one attached hydrogen (secondary N) is 2. The second-order valence-corrected chi connectivity index (χ2v) is 8.78. The number of carbonyl (C=O) groups excluding carboxylic acids is 2. The molecule has 2 amide bonds. The van der Waals surface area contributed by atoms with E-state index in [4.69, 9.17) is 9.72 Å². The molecule has 0 bridgehead atoms. The lowest BCUT2D eigenvalue weighted by atomic mass is 9.79. The third-order valence-electron chi connectivity index (χ3n) is 6.55. The van der Waals surface area contributed by atoms with Crippen LogP contribution in [-0.2, 0) is 22.4 Å². The van der Waals surface area contributed by atoms with Crippen LogP contribution in [0.3, 0.4) is 0 Å². The zero-order valence-electron chi connectivity index (χ0n) is 19.3. The number of hydrogen-bond donors (Lipinski definition) is 2. The van der Waals surface area contributed by atoms with Gasteiger partial charge in [0.1, 0.15) is 5.82 Å². The number of fused-ring (bicyclic) bond motifs is 1. The molecular formula is C24H38N4O3. The van der Waals surface area contributed by atoms with Crippen LogP contribution in [0.2, 0.25) is 0 Å². The van der Waals surface area contributed by atoms with Crippen LogP contribution in [0.25, 0.3) is 0 Å². The largest absolute Gasteiger partial charge is 0.378 e. The minimum Gasteiger partial charge on any atom is -0.378 e. The van der Waals surface area contributed by atoms with Gasteiger partial charge in [-0.15, -0.1) is 0 Å². The number of ketones is 1. The van der Waals surface area contributed by atoms with Crippen molar-refractivity contribution in [2.24, 2.45) is 5.92 Å². The van der Waals surface area contributed by atoms with Crippen molar-refractivity contribution in [1.82, 2.24) is 15.2 Å². The number of nitrogens with zero attached hydrogens (tertiary/aromatic N) is 2. The second kappa shape index (κ2) is 11.5. The maximum atomic E-state index is 12.2. The monoisotopic (exact) mass is 430 g/mol. The summed E-state index contributed by atoms with van der Waals surface area (Å²) in [5.74, 6) is 1.73. The quantitative estimate of drug-likeness (QED) is 0.561. The van der Waals surface area contributed by atoms with Crippen LogP contribution < -0.4 is 10.6 Å². The number of hydrogen-bond acceptors (Lipinski definition) is 5. The van der Waals surface area contributed by atoms with Crippen molar-refractivity contribution in [2.75, 3.05) is 31.6 Å². The molecule has 3 rings (SSSR count). The number of pyridine rings is 1. The smallest absolute Gasteiger partial charge is 0.317 e. The summed E-state index contributed by atoms with van der Waals surface area (Å²) in [7, 11) is 0. The number of aromatic nitrogens is 1. The average molecular weight is 431 g/mol. The van der Waals surface area contributed by atoms with Gasteiger partial charge in [-0.3, -0.25) is 4.79 Å². The molecule has 1 atom stereocenters. The zero-order valence-corrected chi connectivity index (χ0v) is 19.3. The molecule has 0 radical (unpaired) electrons. The number of rotatable bonds is 11. The molecule has 172 valence electrons. The molecule has 7 heteroatoms. The maximum absolute atomic E-state index is 12.2. The van der Waals surface area contributed by atoms with Crippen molar-refractivity contribution in [3.63, 3.8) is 0 Å². The van der Waals surface area contributed by atoms with Crippen LogP contribution in [-0.4, -0.2) is 60.1 Å². The van der Waals surface area contributed by atoms with Crippen LogP contribution >= 0.6 is 0 Å². The number of urea groups is 1. The summed E-state index contributed by atoms with van der Waals surface area (Å²) in [4.78, 5) is 30.6. The molecule has 0 aromatic carbocycles. The van der Waals surface area contributed by atoms with Gasteiger partial charge in [0.15, 0.2) is 5.78 Å². The average Bonchev–Trinajstić information content (AvgIpc) is 2.74. The number of ether oxygens (including phenoxy) is 1. The number of carbonyl (C=O) groups is 2. The summed E-state index contributed by atoms with van der Waals surface area (Å²) in [5, 5.41) is 6.25. The molecule has 0 unspecified atom stereocenters. The lowest BCUT2D eigenvalue weighted by molar-refractivity contribution is -0.119. The van der Waals surface area contributed by atoms with Crippen molar-refractivity contribution in [1.29, 1.82) is 0 Å². The lowest BCUT2D eigenvalue weighted by Gasteiger charge is -2.35. The Labute approximate surface area is 186 Å². The molecule has 2 heterocycles. The van der Waals surface area contributed by atoms with Crippen LogP contribution in [0.4, 0.5) is 10.6 Å². The molecule has 7 nitrogen and oxygen atoms in total. The fourth-order valence-electron chi connectivity index (χ4n) is 4.39. The molecule has 0 spiro atoms. The van der Waals surface area contributed by atoms with Gasteiger partial charge < -0.3 is 20.3 Å². The summed E-state index contributed by atoms with van der Waals surface area (Å²) >= 11 is 0. The molecule has 1 aromatic rings. The highest BCUT2D eigenvalue weighted by Crippen LogP contribution is 2.34. The van der Waals surface area contributed by atoms with Crippen LogP contribution in [0, 0.1) is 5.92 Å². The first-order valence-electron chi connectivity index (χ1n) is 11.9. The van der Waals surface area contributed by atoms with Gasteiger partial charge in [-0.25, -0.2) is 9.78 Å². The molecule has 1 aromatic heterocycles. The van der Waals surface area contributed by atoms with Gasteiger partial charge in [0.2, 0.25) is 0 Å². The van der Waals surface area contributed by atoms with Crippen molar-refractivity contribution >= 4 is 17.6 Å². The normalized spacial score (nSPS) is 20.7. The lowest BCUT2D eigenvalue weighted by Crippen LogP contribution is -2.48. The van der Waals surface area contributed by atoms with Gasteiger partial charge in [0.05, 0.1) is 12.1 Å².